The molecule has 1 N–H and O–H groups in total. The second kappa shape index (κ2) is 8.91. The van der Waals surface area contributed by atoms with E-state index in [1.165, 1.54) is 23.5 Å². The van der Waals surface area contributed by atoms with Crippen LogP contribution in [0.25, 0.3) is 0 Å². The molecule has 0 spiro atoms. The summed E-state index contributed by atoms with van der Waals surface area (Å²) in [7, 11) is 0. The van der Waals surface area contributed by atoms with Crippen LogP contribution in [0.5, 0.6) is 0 Å². The molecule has 1 fully saturated rings. The smallest absolute Gasteiger partial charge is 0.338 e. The molecule has 4 rings (SSSR count). The molecule has 10 heteroatoms. The van der Waals surface area contributed by atoms with E-state index < -0.39 is 24.0 Å². The highest BCUT2D eigenvalue weighted by atomic mass is 79.9. The van der Waals surface area contributed by atoms with Crippen LogP contribution in [-0.2, 0) is 9.53 Å². The molecule has 1 saturated heterocycles. The molecule has 3 heterocycles. The lowest BCUT2D eigenvalue weighted by molar-refractivity contribution is -0.139. The summed E-state index contributed by atoms with van der Waals surface area (Å²) in [6.45, 7) is 2.87. The second-order valence-electron chi connectivity index (χ2n) is 6.91. The Morgan fingerprint density at radius 2 is 2.23 bits per heavy atom. The van der Waals surface area contributed by atoms with Crippen molar-refractivity contribution in [3.05, 3.63) is 61.9 Å². The molecule has 0 radical (unpaired) electrons. The molecule has 1 unspecified atom stereocenters. The van der Waals surface area contributed by atoms with E-state index in [4.69, 9.17) is 9.73 Å². The van der Waals surface area contributed by atoms with Gasteiger partial charge in [0.2, 0.25) is 0 Å². The summed E-state index contributed by atoms with van der Waals surface area (Å²) in [6, 6.07) is 3.53. The first kappa shape index (κ1) is 21.1. The monoisotopic (exact) mass is 496 g/mol. The first-order valence-electron chi connectivity index (χ1n) is 9.42. The van der Waals surface area contributed by atoms with Crippen molar-refractivity contribution >= 4 is 39.1 Å². The SMILES string of the molecule is CCOC(=O)C1=C(CN2CC(F)C2)NC(c2nccs2)=NC1c1ccc(F)cc1Br. The number of carbonyl (C=O) groups excluding carboxylic acids is 1. The highest BCUT2D eigenvalue weighted by Gasteiger charge is 2.36. The van der Waals surface area contributed by atoms with Gasteiger partial charge in [-0.2, -0.15) is 0 Å². The number of nitrogens with one attached hydrogen (secondary N) is 1. The number of amidine groups is 1. The number of hydrogen-bond acceptors (Lipinski definition) is 7. The Bertz CT molecular complexity index is 1010. The summed E-state index contributed by atoms with van der Waals surface area (Å²) in [5, 5.41) is 5.70. The lowest BCUT2D eigenvalue weighted by Gasteiger charge is -2.37. The zero-order valence-electron chi connectivity index (χ0n) is 16.1. The largest absolute Gasteiger partial charge is 0.463 e. The van der Waals surface area contributed by atoms with Crippen LogP contribution < -0.4 is 5.32 Å². The molecule has 2 aliphatic rings. The van der Waals surface area contributed by atoms with Crippen molar-refractivity contribution in [1.29, 1.82) is 0 Å². The number of aliphatic imine (C=N–C) groups is 1. The van der Waals surface area contributed by atoms with Crippen molar-refractivity contribution in [3.8, 4) is 0 Å². The number of likely N-dealkylation sites (tertiary alicyclic amines) is 1. The molecular formula is C20H19BrF2N4O2S. The minimum Gasteiger partial charge on any atom is -0.463 e. The Morgan fingerprint density at radius 1 is 1.43 bits per heavy atom. The van der Waals surface area contributed by atoms with E-state index in [-0.39, 0.29) is 6.61 Å². The zero-order valence-corrected chi connectivity index (χ0v) is 18.5. The lowest BCUT2D eigenvalue weighted by atomic mass is 9.95. The molecule has 0 amide bonds. The van der Waals surface area contributed by atoms with E-state index in [1.807, 2.05) is 10.3 Å². The highest BCUT2D eigenvalue weighted by Crippen LogP contribution is 2.37. The molecule has 1 atom stereocenters. The summed E-state index contributed by atoms with van der Waals surface area (Å²) in [6.07, 6.45) is 0.801. The van der Waals surface area contributed by atoms with Crippen LogP contribution in [0.1, 0.15) is 23.5 Å². The minimum atomic E-state index is -0.866. The average molecular weight is 497 g/mol. The number of aromatic nitrogens is 1. The quantitative estimate of drug-likeness (QED) is 0.618. The summed E-state index contributed by atoms with van der Waals surface area (Å²) in [4.78, 5) is 23.9. The third-order valence-electron chi connectivity index (χ3n) is 4.81. The zero-order chi connectivity index (χ0) is 21.3. The summed E-state index contributed by atoms with van der Waals surface area (Å²) in [5.74, 6) is -0.410. The van der Waals surface area contributed by atoms with Gasteiger partial charge in [-0.15, -0.1) is 11.3 Å². The number of benzene rings is 1. The molecule has 2 aromatic rings. The number of rotatable bonds is 6. The van der Waals surface area contributed by atoms with E-state index in [0.29, 0.717) is 51.8 Å². The third kappa shape index (κ3) is 4.30. The summed E-state index contributed by atoms with van der Waals surface area (Å²) >= 11 is 4.80. The number of alkyl halides is 1. The number of esters is 1. The molecule has 30 heavy (non-hydrogen) atoms. The number of nitrogens with zero attached hydrogens (tertiary/aromatic N) is 3. The predicted molar refractivity (Wildman–Crippen MR) is 114 cm³/mol. The van der Waals surface area contributed by atoms with Crippen molar-refractivity contribution < 1.29 is 18.3 Å². The van der Waals surface area contributed by atoms with Crippen LogP contribution in [0.15, 0.2) is 50.5 Å². The van der Waals surface area contributed by atoms with E-state index in [9.17, 15) is 13.6 Å². The minimum absolute atomic E-state index is 0.201. The van der Waals surface area contributed by atoms with E-state index in [0.717, 1.165) is 0 Å². The first-order chi connectivity index (χ1) is 14.5. The van der Waals surface area contributed by atoms with Crippen LogP contribution >= 0.6 is 27.3 Å². The van der Waals surface area contributed by atoms with Gasteiger partial charge in [0.1, 0.15) is 18.0 Å². The van der Waals surface area contributed by atoms with Crippen molar-refractivity contribution in [2.24, 2.45) is 4.99 Å². The van der Waals surface area contributed by atoms with Crippen molar-refractivity contribution in [2.75, 3.05) is 26.2 Å². The second-order valence-corrected chi connectivity index (χ2v) is 8.66. The van der Waals surface area contributed by atoms with Gasteiger partial charge in [0, 0.05) is 41.4 Å². The lowest BCUT2D eigenvalue weighted by Crippen LogP contribution is -2.51. The fourth-order valence-electron chi connectivity index (χ4n) is 3.43. The van der Waals surface area contributed by atoms with Crippen molar-refractivity contribution in [3.63, 3.8) is 0 Å². The fourth-order valence-corrected chi connectivity index (χ4v) is 4.58. The molecular weight excluding hydrogens is 478 g/mol. The van der Waals surface area contributed by atoms with Crippen molar-refractivity contribution in [2.45, 2.75) is 19.1 Å². The van der Waals surface area contributed by atoms with Gasteiger partial charge in [0.15, 0.2) is 10.8 Å². The maximum Gasteiger partial charge on any atom is 0.338 e. The van der Waals surface area contributed by atoms with Crippen LogP contribution in [0.2, 0.25) is 0 Å². The van der Waals surface area contributed by atoms with Gasteiger partial charge in [-0.1, -0.05) is 22.0 Å². The number of carbonyl (C=O) groups is 1. The van der Waals surface area contributed by atoms with Crippen LogP contribution in [0.4, 0.5) is 8.78 Å². The van der Waals surface area contributed by atoms with Gasteiger partial charge in [-0.05, 0) is 24.6 Å². The molecule has 0 saturated carbocycles. The van der Waals surface area contributed by atoms with E-state index >= 15 is 0 Å². The summed E-state index contributed by atoms with van der Waals surface area (Å²) < 4.78 is 32.9. The molecule has 0 aliphatic carbocycles. The van der Waals surface area contributed by atoms with Gasteiger partial charge >= 0.3 is 5.97 Å². The maximum absolute atomic E-state index is 13.7. The highest BCUT2D eigenvalue weighted by molar-refractivity contribution is 9.10. The molecule has 1 aromatic carbocycles. The maximum atomic E-state index is 13.7. The first-order valence-corrected chi connectivity index (χ1v) is 11.1. The molecule has 2 aliphatic heterocycles. The van der Waals surface area contributed by atoms with Gasteiger partial charge in [-0.25, -0.2) is 18.6 Å². The normalized spacial score (nSPS) is 19.9. The predicted octanol–water partition coefficient (Wildman–Crippen LogP) is 3.61. The van der Waals surface area contributed by atoms with Gasteiger partial charge in [0.25, 0.3) is 0 Å². The van der Waals surface area contributed by atoms with Crippen LogP contribution in [0.3, 0.4) is 0 Å². The Kier molecular flexibility index (Phi) is 6.26. The average Bonchev–Trinajstić information content (AvgIpc) is 3.21. The summed E-state index contributed by atoms with van der Waals surface area (Å²) in [5.41, 5.74) is 1.54. The number of ether oxygens (including phenoxy) is 1. The van der Waals surface area contributed by atoms with E-state index in [2.05, 4.69) is 26.2 Å². The van der Waals surface area contributed by atoms with Crippen LogP contribution in [0, 0.1) is 5.82 Å². The molecule has 6 nitrogen and oxygen atoms in total. The molecule has 1 aromatic heterocycles. The molecule has 0 bridgehead atoms. The van der Waals surface area contributed by atoms with Gasteiger partial charge in [0.05, 0.1) is 12.2 Å². The topological polar surface area (TPSA) is 66.8 Å². The van der Waals surface area contributed by atoms with Gasteiger partial charge < -0.3 is 10.1 Å². The van der Waals surface area contributed by atoms with Crippen molar-refractivity contribution in [1.82, 2.24) is 15.2 Å². The Hall–Kier alpha value is -2.17. The standard InChI is InChI=1S/C20H19BrF2N4O2S/c1-2-29-20(28)16-15(10-27-8-12(23)9-27)25-18(19-24-5-6-30-19)26-17(16)13-4-3-11(22)7-14(13)21/h3-7,12,17H,2,8-10H2,1H3,(H,25,26). The molecule has 158 valence electrons. The Balaban J connectivity index is 1.81. The Morgan fingerprint density at radius 3 is 2.87 bits per heavy atom. The number of halogens is 3. The third-order valence-corrected chi connectivity index (χ3v) is 6.27. The van der Waals surface area contributed by atoms with E-state index in [1.54, 1.807) is 19.2 Å². The van der Waals surface area contributed by atoms with Crippen LogP contribution in [-0.4, -0.2) is 54.1 Å². The Labute approximate surface area is 184 Å². The van der Waals surface area contributed by atoms with Gasteiger partial charge in [-0.3, -0.25) is 9.89 Å². The number of thiazole rings is 1. The fraction of sp³-hybridized carbons (Fsp3) is 0.350. The number of hydrogen-bond donors (Lipinski definition) is 1.